The Labute approximate surface area is 86.1 Å². The van der Waals surface area contributed by atoms with Gasteiger partial charge in [-0.3, -0.25) is 10.1 Å². The lowest BCUT2D eigenvalue weighted by atomic mass is 10.2. The van der Waals surface area contributed by atoms with Crippen LogP contribution in [0.15, 0.2) is 16.6 Å². The zero-order valence-electron chi connectivity index (χ0n) is 6.60. The molecule has 0 heterocycles. The first-order chi connectivity index (χ1) is 6.43. The fraction of sp³-hybridized carbons (Fsp3) is 0. The Kier molecular flexibility index (Phi) is 2.70. The highest BCUT2D eigenvalue weighted by molar-refractivity contribution is 9.10. The number of carbonyl (C=O) groups is 1. The highest BCUT2D eigenvalue weighted by Crippen LogP contribution is 2.31. The lowest BCUT2D eigenvalue weighted by molar-refractivity contribution is -0.385. The van der Waals surface area contributed by atoms with Crippen LogP contribution in [0.25, 0.3) is 0 Å². The summed E-state index contributed by atoms with van der Waals surface area (Å²) in [6.07, 6.45) is 0. The summed E-state index contributed by atoms with van der Waals surface area (Å²) in [4.78, 5) is 20.2. The van der Waals surface area contributed by atoms with Crippen molar-refractivity contribution in [1.29, 1.82) is 0 Å². The second-order valence-electron chi connectivity index (χ2n) is 2.38. The number of halogens is 1. The number of aromatic hydroxyl groups is 1. The second-order valence-corrected chi connectivity index (χ2v) is 3.24. The molecule has 1 aromatic rings. The minimum atomic E-state index is -1.46. The zero-order valence-corrected chi connectivity index (χ0v) is 8.19. The quantitative estimate of drug-likeness (QED) is 0.624. The summed E-state index contributed by atoms with van der Waals surface area (Å²) in [5.74, 6) is -1.81. The molecule has 0 radical (unpaired) electrons. The molecule has 0 amide bonds. The predicted molar refractivity (Wildman–Crippen MR) is 49.4 cm³/mol. The second kappa shape index (κ2) is 3.62. The maximum atomic E-state index is 10.6. The number of carboxylic acid groups (broad SMARTS) is 1. The molecule has 0 aromatic heterocycles. The van der Waals surface area contributed by atoms with E-state index in [1.807, 2.05) is 0 Å². The van der Waals surface area contributed by atoms with Crippen LogP contribution < -0.4 is 0 Å². The number of aromatic carboxylic acids is 1. The molecular weight excluding hydrogens is 258 g/mol. The molecule has 0 bridgehead atoms. The van der Waals surface area contributed by atoms with Crippen molar-refractivity contribution >= 4 is 27.6 Å². The van der Waals surface area contributed by atoms with E-state index in [-0.39, 0.29) is 10.2 Å². The van der Waals surface area contributed by atoms with Gasteiger partial charge in [0.25, 0.3) is 5.69 Å². The molecule has 1 rings (SSSR count). The van der Waals surface area contributed by atoms with Crippen molar-refractivity contribution in [1.82, 2.24) is 0 Å². The van der Waals surface area contributed by atoms with E-state index in [4.69, 9.17) is 10.2 Å². The Morgan fingerprint density at radius 1 is 1.50 bits per heavy atom. The van der Waals surface area contributed by atoms with Crippen LogP contribution in [0, 0.1) is 10.1 Å². The molecular formula is C7H4BrNO5. The Hall–Kier alpha value is -1.63. The van der Waals surface area contributed by atoms with Crippen LogP contribution in [0.5, 0.6) is 5.75 Å². The number of phenols is 1. The zero-order chi connectivity index (χ0) is 10.9. The molecule has 0 saturated heterocycles. The monoisotopic (exact) mass is 261 g/mol. The van der Waals surface area contributed by atoms with Gasteiger partial charge in [0.1, 0.15) is 11.3 Å². The van der Waals surface area contributed by atoms with Gasteiger partial charge < -0.3 is 10.2 Å². The van der Waals surface area contributed by atoms with Crippen LogP contribution in [0.1, 0.15) is 10.4 Å². The summed E-state index contributed by atoms with van der Waals surface area (Å²) in [6, 6.07) is 1.77. The number of nitro benzene ring substituents is 1. The van der Waals surface area contributed by atoms with Crippen LogP contribution in [-0.2, 0) is 0 Å². The molecule has 2 N–H and O–H groups in total. The van der Waals surface area contributed by atoms with Crippen molar-refractivity contribution in [2.75, 3.05) is 0 Å². The molecule has 0 aliphatic carbocycles. The normalized spacial score (nSPS) is 9.79. The number of phenolic OH excluding ortho intramolecular Hbond substituents is 1. The van der Waals surface area contributed by atoms with Crippen molar-refractivity contribution in [2.45, 2.75) is 0 Å². The van der Waals surface area contributed by atoms with Crippen molar-refractivity contribution in [3.63, 3.8) is 0 Å². The van der Waals surface area contributed by atoms with Gasteiger partial charge in [-0.2, -0.15) is 0 Å². The lowest BCUT2D eigenvalue weighted by Crippen LogP contribution is -2.02. The molecule has 1 aromatic carbocycles. The number of carboxylic acids is 1. The van der Waals surface area contributed by atoms with Gasteiger partial charge in [-0.1, -0.05) is 0 Å². The minimum absolute atomic E-state index is 0.0780. The average Bonchev–Trinajstić information content (AvgIpc) is 2.08. The topological polar surface area (TPSA) is 101 Å². The van der Waals surface area contributed by atoms with Crippen LogP contribution in [0.2, 0.25) is 0 Å². The van der Waals surface area contributed by atoms with Gasteiger partial charge in [0.2, 0.25) is 0 Å². The molecule has 74 valence electrons. The summed E-state index contributed by atoms with van der Waals surface area (Å²) in [7, 11) is 0. The van der Waals surface area contributed by atoms with E-state index in [1.54, 1.807) is 0 Å². The standard InChI is InChI=1S/C7H4BrNO5/c8-4-2-5(9(13)14)3(7(11)12)1-6(4)10/h1-2,10H,(H,11,12). The Morgan fingerprint density at radius 2 is 2.07 bits per heavy atom. The maximum Gasteiger partial charge on any atom is 0.342 e. The van der Waals surface area contributed by atoms with E-state index in [0.29, 0.717) is 0 Å². The van der Waals surface area contributed by atoms with E-state index in [1.165, 1.54) is 0 Å². The smallest absolute Gasteiger partial charge is 0.342 e. The van der Waals surface area contributed by atoms with Gasteiger partial charge in [0.15, 0.2) is 0 Å². The summed E-state index contributed by atoms with van der Waals surface area (Å²) in [5.41, 5.74) is -1.11. The van der Waals surface area contributed by atoms with Gasteiger partial charge in [-0.05, 0) is 15.9 Å². The Bertz CT molecular complexity index is 378. The molecule has 0 aliphatic heterocycles. The van der Waals surface area contributed by atoms with Gasteiger partial charge in [-0.15, -0.1) is 0 Å². The molecule has 14 heavy (non-hydrogen) atoms. The third kappa shape index (κ3) is 1.82. The maximum absolute atomic E-state index is 10.6. The highest BCUT2D eigenvalue weighted by atomic mass is 79.9. The summed E-state index contributed by atoms with van der Waals surface area (Å²) in [5, 5.41) is 28.2. The van der Waals surface area contributed by atoms with Crippen LogP contribution >= 0.6 is 15.9 Å². The van der Waals surface area contributed by atoms with Crippen molar-refractivity contribution in [2.24, 2.45) is 0 Å². The Balaban J connectivity index is 3.46. The third-order valence-corrected chi connectivity index (χ3v) is 2.13. The van der Waals surface area contributed by atoms with E-state index in [9.17, 15) is 14.9 Å². The van der Waals surface area contributed by atoms with Crippen LogP contribution in [0.3, 0.4) is 0 Å². The summed E-state index contributed by atoms with van der Waals surface area (Å²) < 4.78 is 0.0780. The van der Waals surface area contributed by atoms with E-state index < -0.39 is 22.1 Å². The summed E-state index contributed by atoms with van der Waals surface area (Å²) >= 11 is 2.85. The van der Waals surface area contributed by atoms with Gasteiger partial charge in [0.05, 0.1) is 9.40 Å². The SMILES string of the molecule is O=C(O)c1cc(O)c(Br)cc1[N+](=O)[O-]. The first kappa shape index (κ1) is 10.5. The number of rotatable bonds is 2. The van der Waals surface area contributed by atoms with Crippen molar-refractivity contribution < 1.29 is 19.9 Å². The van der Waals surface area contributed by atoms with Crippen molar-refractivity contribution in [3.8, 4) is 5.75 Å². The molecule has 0 atom stereocenters. The van der Waals surface area contributed by atoms with Gasteiger partial charge in [0, 0.05) is 12.1 Å². The van der Waals surface area contributed by atoms with E-state index in [0.717, 1.165) is 12.1 Å². The third-order valence-electron chi connectivity index (χ3n) is 1.49. The molecule has 0 unspecified atom stereocenters. The van der Waals surface area contributed by atoms with Crippen molar-refractivity contribution in [3.05, 3.63) is 32.3 Å². The van der Waals surface area contributed by atoms with E-state index in [2.05, 4.69) is 15.9 Å². The van der Waals surface area contributed by atoms with Crippen LogP contribution in [0.4, 0.5) is 5.69 Å². The average molecular weight is 262 g/mol. The summed E-state index contributed by atoms with van der Waals surface area (Å²) in [6.45, 7) is 0. The first-order valence-corrected chi connectivity index (χ1v) is 4.13. The van der Waals surface area contributed by atoms with Crippen LogP contribution in [-0.4, -0.2) is 21.1 Å². The molecule has 0 spiro atoms. The molecule has 0 aliphatic rings. The fourth-order valence-corrected chi connectivity index (χ4v) is 1.20. The number of nitro groups is 1. The van der Waals surface area contributed by atoms with E-state index >= 15 is 0 Å². The molecule has 0 fully saturated rings. The Morgan fingerprint density at radius 3 is 2.50 bits per heavy atom. The first-order valence-electron chi connectivity index (χ1n) is 3.33. The van der Waals surface area contributed by atoms with Gasteiger partial charge in [-0.25, -0.2) is 4.79 Å². The van der Waals surface area contributed by atoms with Gasteiger partial charge >= 0.3 is 5.97 Å². The highest BCUT2D eigenvalue weighted by Gasteiger charge is 2.21. The largest absolute Gasteiger partial charge is 0.507 e. The number of nitrogens with zero attached hydrogens (tertiary/aromatic N) is 1. The molecule has 6 nitrogen and oxygen atoms in total. The molecule has 7 heteroatoms. The predicted octanol–water partition coefficient (Wildman–Crippen LogP) is 1.76. The molecule has 0 saturated carbocycles. The fourth-order valence-electron chi connectivity index (χ4n) is 0.874. The number of hydrogen-bond acceptors (Lipinski definition) is 4. The number of hydrogen-bond donors (Lipinski definition) is 2. The minimum Gasteiger partial charge on any atom is -0.507 e. The number of benzene rings is 1. The lowest BCUT2D eigenvalue weighted by Gasteiger charge is -2.00.